The Morgan fingerprint density at radius 2 is 2.04 bits per heavy atom. The van der Waals surface area contributed by atoms with E-state index in [1.807, 2.05) is 6.08 Å². The molecule has 116 valence electrons. The average molecular weight is 321 g/mol. The smallest absolute Gasteiger partial charge is 0.146 e. The van der Waals surface area contributed by atoms with E-state index < -0.39 is 0 Å². The SMILES string of the molecule is C=CCN1Cc2ccsc2C(Oc2cccc3ccccc23)C1. The molecular formula is C20H19NOS. The highest BCUT2D eigenvalue weighted by atomic mass is 32.1. The molecule has 1 aliphatic heterocycles. The van der Waals surface area contributed by atoms with Gasteiger partial charge in [0.25, 0.3) is 0 Å². The maximum atomic E-state index is 6.46. The number of thiophene rings is 1. The van der Waals surface area contributed by atoms with Crippen molar-refractivity contribution in [3.05, 3.63) is 77.0 Å². The second kappa shape index (κ2) is 6.19. The summed E-state index contributed by atoms with van der Waals surface area (Å²) < 4.78 is 6.46. The predicted molar refractivity (Wildman–Crippen MR) is 97.1 cm³/mol. The first-order valence-electron chi connectivity index (χ1n) is 7.89. The highest BCUT2D eigenvalue weighted by Crippen LogP contribution is 2.36. The lowest BCUT2D eigenvalue weighted by molar-refractivity contribution is 0.124. The monoisotopic (exact) mass is 321 g/mol. The third-order valence-electron chi connectivity index (χ3n) is 4.30. The number of hydrogen-bond donors (Lipinski definition) is 0. The number of benzene rings is 2. The van der Waals surface area contributed by atoms with E-state index in [9.17, 15) is 0 Å². The van der Waals surface area contributed by atoms with Crippen LogP contribution in [0.3, 0.4) is 0 Å². The minimum atomic E-state index is 0.0875. The van der Waals surface area contributed by atoms with Gasteiger partial charge in [0.2, 0.25) is 0 Å². The minimum absolute atomic E-state index is 0.0875. The van der Waals surface area contributed by atoms with Crippen molar-refractivity contribution in [2.75, 3.05) is 13.1 Å². The topological polar surface area (TPSA) is 12.5 Å². The zero-order chi connectivity index (χ0) is 15.6. The van der Waals surface area contributed by atoms with Gasteiger partial charge in [0, 0.05) is 25.0 Å². The van der Waals surface area contributed by atoms with Crippen molar-refractivity contribution in [3.8, 4) is 5.75 Å². The van der Waals surface area contributed by atoms with Crippen molar-refractivity contribution < 1.29 is 4.74 Å². The summed E-state index contributed by atoms with van der Waals surface area (Å²) in [6.45, 7) is 6.65. The van der Waals surface area contributed by atoms with E-state index in [2.05, 4.69) is 65.4 Å². The molecule has 1 atom stereocenters. The van der Waals surface area contributed by atoms with Crippen molar-refractivity contribution in [1.29, 1.82) is 0 Å². The zero-order valence-corrected chi connectivity index (χ0v) is 13.8. The molecule has 2 aromatic carbocycles. The maximum Gasteiger partial charge on any atom is 0.146 e. The Labute approximate surface area is 140 Å². The van der Waals surface area contributed by atoms with Gasteiger partial charge in [0.15, 0.2) is 0 Å². The van der Waals surface area contributed by atoms with Gasteiger partial charge in [0.05, 0.1) is 4.88 Å². The lowest BCUT2D eigenvalue weighted by atomic mass is 10.1. The van der Waals surface area contributed by atoms with E-state index in [1.54, 1.807) is 11.3 Å². The molecule has 2 heterocycles. The molecule has 0 saturated heterocycles. The number of fused-ring (bicyclic) bond motifs is 2. The van der Waals surface area contributed by atoms with E-state index >= 15 is 0 Å². The molecule has 1 aromatic heterocycles. The maximum absolute atomic E-state index is 6.46. The van der Waals surface area contributed by atoms with Crippen molar-refractivity contribution in [2.24, 2.45) is 0 Å². The number of nitrogens with zero attached hydrogens (tertiary/aromatic N) is 1. The summed E-state index contributed by atoms with van der Waals surface area (Å²) in [4.78, 5) is 3.75. The van der Waals surface area contributed by atoms with Crippen LogP contribution in [0.1, 0.15) is 16.5 Å². The van der Waals surface area contributed by atoms with Crippen LogP contribution in [-0.2, 0) is 6.54 Å². The highest BCUT2D eigenvalue weighted by molar-refractivity contribution is 7.10. The summed E-state index contributed by atoms with van der Waals surface area (Å²) in [6, 6.07) is 16.9. The van der Waals surface area contributed by atoms with E-state index in [-0.39, 0.29) is 6.10 Å². The van der Waals surface area contributed by atoms with Gasteiger partial charge in [-0.3, -0.25) is 4.90 Å². The van der Waals surface area contributed by atoms with Crippen molar-refractivity contribution in [3.63, 3.8) is 0 Å². The fourth-order valence-corrected chi connectivity index (χ4v) is 4.18. The Morgan fingerprint density at radius 3 is 2.96 bits per heavy atom. The van der Waals surface area contributed by atoms with Gasteiger partial charge in [-0.05, 0) is 28.5 Å². The first-order chi connectivity index (χ1) is 11.3. The van der Waals surface area contributed by atoms with Crippen LogP contribution >= 0.6 is 11.3 Å². The second-order valence-corrected chi connectivity index (χ2v) is 6.82. The summed E-state index contributed by atoms with van der Waals surface area (Å²) >= 11 is 1.80. The molecule has 0 fully saturated rings. The van der Waals surface area contributed by atoms with Crippen LogP contribution < -0.4 is 4.74 Å². The summed E-state index contributed by atoms with van der Waals surface area (Å²) in [5.41, 5.74) is 1.38. The Bertz CT molecular complexity index is 833. The van der Waals surface area contributed by atoms with E-state index in [4.69, 9.17) is 4.74 Å². The van der Waals surface area contributed by atoms with Crippen molar-refractivity contribution in [1.82, 2.24) is 4.90 Å². The predicted octanol–water partition coefficient (Wildman–Crippen LogP) is 5.02. The summed E-state index contributed by atoms with van der Waals surface area (Å²) in [7, 11) is 0. The second-order valence-electron chi connectivity index (χ2n) is 5.88. The summed E-state index contributed by atoms with van der Waals surface area (Å²) in [5, 5.41) is 4.56. The normalized spacial score (nSPS) is 17.8. The van der Waals surface area contributed by atoms with Gasteiger partial charge in [-0.15, -0.1) is 17.9 Å². The number of hydrogen-bond acceptors (Lipinski definition) is 3. The van der Waals surface area contributed by atoms with Gasteiger partial charge in [-0.2, -0.15) is 0 Å². The lowest BCUT2D eigenvalue weighted by Crippen LogP contribution is -2.35. The number of rotatable bonds is 4. The van der Waals surface area contributed by atoms with E-state index in [1.165, 1.54) is 21.2 Å². The van der Waals surface area contributed by atoms with Gasteiger partial charge >= 0.3 is 0 Å². The van der Waals surface area contributed by atoms with Crippen LogP contribution in [-0.4, -0.2) is 18.0 Å². The highest BCUT2D eigenvalue weighted by Gasteiger charge is 2.27. The fourth-order valence-electron chi connectivity index (χ4n) is 3.25. The van der Waals surface area contributed by atoms with Crippen LogP contribution in [0.2, 0.25) is 0 Å². The molecule has 23 heavy (non-hydrogen) atoms. The molecule has 3 heteroatoms. The van der Waals surface area contributed by atoms with Crippen LogP contribution in [0.15, 0.2) is 66.6 Å². The Balaban J connectivity index is 1.68. The molecule has 2 nitrogen and oxygen atoms in total. The van der Waals surface area contributed by atoms with Crippen LogP contribution in [0.5, 0.6) is 5.75 Å². The average Bonchev–Trinajstić information content (AvgIpc) is 3.04. The van der Waals surface area contributed by atoms with Gasteiger partial charge in [0.1, 0.15) is 11.9 Å². The first kappa shape index (κ1) is 14.5. The fraction of sp³-hybridized carbons (Fsp3) is 0.200. The van der Waals surface area contributed by atoms with Crippen molar-refractivity contribution in [2.45, 2.75) is 12.6 Å². The first-order valence-corrected chi connectivity index (χ1v) is 8.77. The molecule has 4 rings (SSSR count). The van der Waals surface area contributed by atoms with Crippen LogP contribution in [0, 0.1) is 0 Å². The molecule has 1 unspecified atom stereocenters. The Morgan fingerprint density at radius 1 is 1.17 bits per heavy atom. The summed E-state index contributed by atoms with van der Waals surface area (Å²) in [5.74, 6) is 0.966. The van der Waals surface area contributed by atoms with Crippen molar-refractivity contribution >= 4 is 22.1 Å². The quantitative estimate of drug-likeness (QED) is 0.625. The molecule has 0 N–H and O–H groups in total. The van der Waals surface area contributed by atoms with Crippen LogP contribution in [0.4, 0.5) is 0 Å². The standard InChI is InChI=1S/C20H19NOS/c1-2-11-21-13-16-10-12-23-20(16)19(14-21)22-18-9-5-7-15-6-3-4-8-17(15)18/h2-10,12,19H,1,11,13-14H2. The third-order valence-corrected chi connectivity index (χ3v) is 5.35. The Hall–Kier alpha value is -2.10. The lowest BCUT2D eigenvalue weighted by Gasteiger charge is -2.32. The zero-order valence-electron chi connectivity index (χ0n) is 12.9. The molecule has 0 spiro atoms. The molecule has 0 amide bonds. The van der Waals surface area contributed by atoms with Gasteiger partial charge < -0.3 is 4.74 Å². The largest absolute Gasteiger partial charge is 0.483 e. The Kier molecular flexibility index (Phi) is 3.90. The molecule has 0 radical (unpaired) electrons. The van der Waals surface area contributed by atoms with Gasteiger partial charge in [-0.1, -0.05) is 42.5 Å². The minimum Gasteiger partial charge on any atom is -0.483 e. The third kappa shape index (κ3) is 2.78. The molecule has 0 aliphatic carbocycles. The molecule has 1 aliphatic rings. The molecule has 0 saturated carbocycles. The van der Waals surface area contributed by atoms with Gasteiger partial charge in [-0.25, -0.2) is 0 Å². The van der Waals surface area contributed by atoms with E-state index in [0.717, 1.165) is 25.4 Å². The van der Waals surface area contributed by atoms with E-state index in [0.29, 0.717) is 0 Å². The number of ether oxygens (including phenoxy) is 1. The molecule has 0 bridgehead atoms. The molecular weight excluding hydrogens is 302 g/mol. The van der Waals surface area contributed by atoms with Crippen LogP contribution in [0.25, 0.3) is 10.8 Å². The summed E-state index contributed by atoms with van der Waals surface area (Å²) in [6.07, 6.45) is 2.05. The molecule has 3 aromatic rings.